The van der Waals surface area contributed by atoms with Gasteiger partial charge in [0.1, 0.15) is 5.75 Å². The van der Waals surface area contributed by atoms with Gasteiger partial charge in [-0.2, -0.15) is 0 Å². The molecule has 4 nitrogen and oxygen atoms in total. The van der Waals surface area contributed by atoms with Crippen molar-refractivity contribution < 1.29 is 15.0 Å². The average molecular weight is 249 g/mol. The van der Waals surface area contributed by atoms with Crippen molar-refractivity contribution in [2.24, 2.45) is 0 Å². The average Bonchev–Trinajstić information content (AvgIpc) is 2.30. The van der Waals surface area contributed by atoms with Gasteiger partial charge in [-0.15, -0.1) is 0 Å². The first kappa shape index (κ1) is 14.3. The number of benzene rings is 1. The van der Waals surface area contributed by atoms with E-state index >= 15 is 0 Å². The van der Waals surface area contributed by atoms with E-state index in [-0.39, 0.29) is 24.3 Å². The monoisotopic (exact) mass is 249 g/mol. The molecular weight excluding hydrogens is 230 g/mol. The molecule has 1 atom stereocenters. The number of allylic oxidation sites excluding steroid dienone is 1. The summed E-state index contributed by atoms with van der Waals surface area (Å²) in [6.45, 7) is 3.56. The summed E-state index contributed by atoms with van der Waals surface area (Å²) in [5.74, 6) is 0.000651. The minimum absolute atomic E-state index is 0.122. The Balaban J connectivity index is 2.59. The number of nitrogens with one attached hydrogen (secondary N) is 1. The number of phenols is 1. The van der Waals surface area contributed by atoms with Crippen LogP contribution in [-0.4, -0.2) is 28.8 Å². The Labute approximate surface area is 107 Å². The third kappa shape index (κ3) is 5.01. The number of hydrogen-bond donors (Lipinski definition) is 3. The number of aromatic hydroxyl groups is 1. The van der Waals surface area contributed by atoms with Gasteiger partial charge >= 0.3 is 0 Å². The Morgan fingerprint density at radius 2 is 1.94 bits per heavy atom. The lowest BCUT2D eigenvalue weighted by molar-refractivity contribution is -0.117. The molecule has 98 valence electrons. The second kappa shape index (κ2) is 6.81. The fraction of sp³-hybridized carbons (Fsp3) is 0.357. The van der Waals surface area contributed by atoms with E-state index in [0.717, 1.165) is 11.1 Å². The number of rotatable bonds is 5. The molecule has 1 rings (SSSR count). The molecule has 0 saturated heterocycles. The fourth-order valence-corrected chi connectivity index (χ4v) is 1.58. The number of carbonyl (C=O) groups is 1. The quantitative estimate of drug-likeness (QED) is 0.690. The van der Waals surface area contributed by atoms with Crippen LogP contribution in [0, 0.1) is 0 Å². The number of carbonyl (C=O) groups excluding carboxylic acids is 1. The Hall–Kier alpha value is -1.81. The van der Waals surface area contributed by atoms with E-state index < -0.39 is 0 Å². The van der Waals surface area contributed by atoms with Gasteiger partial charge in [-0.25, -0.2) is 0 Å². The van der Waals surface area contributed by atoms with Crippen molar-refractivity contribution in [3.8, 4) is 5.75 Å². The Bertz CT molecular complexity index is 419. The van der Waals surface area contributed by atoms with E-state index in [4.69, 9.17) is 5.11 Å². The summed E-state index contributed by atoms with van der Waals surface area (Å²) < 4.78 is 0. The summed E-state index contributed by atoms with van der Waals surface area (Å²) in [4.78, 5) is 11.5. The number of aliphatic hydroxyl groups excluding tert-OH is 1. The predicted octanol–water partition coefficient (Wildman–Crippen LogP) is 1.38. The molecule has 0 aliphatic rings. The molecule has 0 bridgehead atoms. The second-order valence-electron chi connectivity index (χ2n) is 4.48. The first-order valence-electron chi connectivity index (χ1n) is 5.85. The van der Waals surface area contributed by atoms with Crippen molar-refractivity contribution >= 4 is 5.91 Å². The summed E-state index contributed by atoms with van der Waals surface area (Å²) in [5.41, 5.74) is 1.86. The molecule has 0 fully saturated rings. The van der Waals surface area contributed by atoms with Crippen LogP contribution in [0.3, 0.4) is 0 Å². The number of hydrogen-bond acceptors (Lipinski definition) is 3. The highest BCUT2D eigenvalue weighted by atomic mass is 16.3. The van der Waals surface area contributed by atoms with Gasteiger partial charge < -0.3 is 15.5 Å². The zero-order valence-corrected chi connectivity index (χ0v) is 10.7. The molecule has 18 heavy (non-hydrogen) atoms. The molecule has 3 N–H and O–H groups in total. The molecule has 0 unspecified atom stereocenters. The predicted molar refractivity (Wildman–Crippen MR) is 70.3 cm³/mol. The Kier molecular flexibility index (Phi) is 5.39. The van der Waals surface area contributed by atoms with Gasteiger partial charge in [0.25, 0.3) is 0 Å². The highest BCUT2D eigenvalue weighted by Crippen LogP contribution is 2.11. The van der Waals surface area contributed by atoms with Crippen LogP contribution in [0.1, 0.15) is 19.4 Å². The van der Waals surface area contributed by atoms with E-state index in [0.29, 0.717) is 6.42 Å². The summed E-state index contributed by atoms with van der Waals surface area (Å²) in [5, 5.41) is 21.1. The van der Waals surface area contributed by atoms with Crippen molar-refractivity contribution in [1.29, 1.82) is 0 Å². The standard InChI is InChI=1S/C14H19NO3/c1-10(2)7-14(18)15-12(9-16)8-11-3-5-13(17)6-4-11/h3-7,12,16-17H,8-9H2,1-2H3,(H,15,18)/t12-/m0/s1. The molecule has 0 radical (unpaired) electrons. The van der Waals surface area contributed by atoms with Crippen molar-refractivity contribution in [2.45, 2.75) is 26.3 Å². The largest absolute Gasteiger partial charge is 0.508 e. The fourth-order valence-electron chi connectivity index (χ4n) is 1.58. The maximum absolute atomic E-state index is 11.5. The molecule has 0 aromatic heterocycles. The van der Waals surface area contributed by atoms with Gasteiger partial charge in [0.2, 0.25) is 5.91 Å². The topological polar surface area (TPSA) is 69.6 Å². The van der Waals surface area contributed by atoms with E-state index in [1.54, 1.807) is 24.3 Å². The first-order chi connectivity index (χ1) is 8.51. The van der Waals surface area contributed by atoms with Crippen molar-refractivity contribution in [3.05, 3.63) is 41.5 Å². The number of phenolic OH excluding ortho intramolecular Hbond substituents is 1. The lowest BCUT2D eigenvalue weighted by Crippen LogP contribution is -2.38. The molecule has 0 spiro atoms. The van der Waals surface area contributed by atoms with Gasteiger partial charge in [0.05, 0.1) is 12.6 Å². The van der Waals surface area contributed by atoms with Crippen LogP contribution in [0.25, 0.3) is 0 Å². The maximum atomic E-state index is 11.5. The van der Waals surface area contributed by atoms with E-state index in [2.05, 4.69) is 5.32 Å². The molecular formula is C14H19NO3. The minimum Gasteiger partial charge on any atom is -0.508 e. The molecule has 0 aliphatic heterocycles. The summed E-state index contributed by atoms with van der Waals surface area (Å²) >= 11 is 0. The molecule has 1 aromatic rings. The normalized spacial score (nSPS) is 11.7. The molecule has 4 heteroatoms. The van der Waals surface area contributed by atoms with Crippen LogP contribution in [0.5, 0.6) is 5.75 Å². The van der Waals surface area contributed by atoms with Crippen LogP contribution >= 0.6 is 0 Å². The SMILES string of the molecule is CC(C)=CC(=O)N[C@H](CO)Cc1ccc(O)cc1. The smallest absolute Gasteiger partial charge is 0.244 e. The van der Waals surface area contributed by atoms with E-state index in [1.165, 1.54) is 6.08 Å². The van der Waals surface area contributed by atoms with Gasteiger partial charge in [0, 0.05) is 6.08 Å². The highest BCUT2D eigenvalue weighted by molar-refractivity contribution is 5.88. The van der Waals surface area contributed by atoms with Crippen LogP contribution in [0.4, 0.5) is 0 Å². The molecule has 0 saturated carbocycles. The molecule has 0 aliphatic carbocycles. The zero-order valence-electron chi connectivity index (χ0n) is 10.7. The van der Waals surface area contributed by atoms with Crippen molar-refractivity contribution in [3.63, 3.8) is 0 Å². The number of amides is 1. The zero-order chi connectivity index (χ0) is 13.5. The van der Waals surface area contributed by atoms with Crippen LogP contribution in [-0.2, 0) is 11.2 Å². The maximum Gasteiger partial charge on any atom is 0.244 e. The van der Waals surface area contributed by atoms with Gasteiger partial charge in [-0.05, 0) is 38.0 Å². The summed E-state index contributed by atoms with van der Waals surface area (Å²) in [6.07, 6.45) is 2.03. The minimum atomic E-state index is -0.322. The lowest BCUT2D eigenvalue weighted by Gasteiger charge is -2.15. The number of aliphatic hydroxyl groups is 1. The lowest BCUT2D eigenvalue weighted by atomic mass is 10.1. The Morgan fingerprint density at radius 1 is 1.33 bits per heavy atom. The first-order valence-corrected chi connectivity index (χ1v) is 5.85. The van der Waals surface area contributed by atoms with Crippen LogP contribution in [0.2, 0.25) is 0 Å². The van der Waals surface area contributed by atoms with Gasteiger partial charge in [-0.3, -0.25) is 4.79 Å². The molecule has 1 aromatic carbocycles. The second-order valence-corrected chi connectivity index (χ2v) is 4.48. The molecule has 0 heterocycles. The third-order valence-corrected chi connectivity index (χ3v) is 2.40. The summed E-state index contributed by atoms with van der Waals surface area (Å²) in [6, 6.07) is 6.39. The van der Waals surface area contributed by atoms with Gasteiger partial charge in [0.15, 0.2) is 0 Å². The highest BCUT2D eigenvalue weighted by Gasteiger charge is 2.10. The van der Waals surface area contributed by atoms with Crippen molar-refractivity contribution in [1.82, 2.24) is 5.32 Å². The van der Waals surface area contributed by atoms with Crippen LogP contribution < -0.4 is 5.32 Å². The van der Waals surface area contributed by atoms with Crippen LogP contribution in [0.15, 0.2) is 35.9 Å². The summed E-state index contributed by atoms with van der Waals surface area (Å²) in [7, 11) is 0. The van der Waals surface area contributed by atoms with Gasteiger partial charge in [-0.1, -0.05) is 17.7 Å². The van der Waals surface area contributed by atoms with E-state index in [1.807, 2.05) is 13.8 Å². The Morgan fingerprint density at radius 3 is 2.44 bits per heavy atom. The van der Waals surface area contributed by atoms with E-state index in [9.17, 15) is 9.90 Å². The third-order valence-electron chi connectivity index (χ3n) is 2.40. The molecule has 1 amide bonds. The van der Waals surface area contributed by atoms with Crippen molar-refractivity contribution in [2.75, 3.05) is 6.61 Å².